The number of benzene rings is 2. The second-order valence-corrected chi connectivity index (χ2v) is 3.52. The van der Waals surface area contributed by atoms with Gasteiger partial charge in [0.25, 0.3) is 0 Å². The third-order valence-electron chi connectivity index (χ3n) is 2.27. The molecule has 0 aliphatic rings. The molecule has 80 valence electrons. The van der Waals surface area contributed by atoms with Crippen molar-refractivity contribution in [1.29, 1.82) is 0 Å². The topological polar surface area (TPSA) is 20.2 Å². The molecule has 2 aromatic rings. The molecule has 2 rings (SSSR count). The van der Waals surface area contributed by atoms with Crippen LogP contribution in [-0.2, 0) is 0 Å². The molecular weight excluding hydrogens is 208 g/mol. The van der Waals surface area contributed by atoms with Gasteiger partial charge >= 0.3 is 0 Å². The van der Waals surface area contributed by atoms with Crippen molar-refractivity contribution in [3.8, 4) is 29.9 Å². The Labute approximate surface area is 101 Å². The summed E-state index contributed by atoms with van der Waals surface area (Å²) in [4.78, 5) is 0. The standard InChI is InChI=1S/C16H10O/c1-2-13-3-5-14(6-4-13)7-8-15-9-11-16(17)12-10-15/h1,3-6,9-12,17H. The first-order chi connectivity index (χ1) is 8.28. The molecule has 0 radical (unpaired) electrons. The van der Waals surface area contributed by atoms with E-state index in [-0.39, 0.29) is 5.75 Å². The van der Waals surface area contributed by atoms with Crippen LogP contribution in [0.25, 0.3) is 0 Å². The molecule has 2 aromatic carbocycles. The predicted octanol–water partition coefficient (Wildman–Crippen LogP) is 2.77. The molecule has 17 heavy (non-hydrogen) atoms. The molecule has 0 bridgehead atoms. The minimum absolute atomic E-state index is 0.244. The van der Waals surface area contributed by atoms with E-state index < -0.39 is 0 Å². The molecule has 0 unspecified atom stereocenters. The number of rotatable bonds is 0. The fourth-order valence-electron chi connectivity index (χ4n) is 1.34. The van der Waals surface area contributed by atoms with Gasteiger partial charge in [0.1, 0.15) is 5.75 Å². The van der Waals surface area contributed by atoms with E-state index in [0.29, 0.717) is 0 Å². The van der Waals surface area contributed by atoms with Gasteiger partial charge in [-0.2, -0.15) is 0 Å². The summed E-state index contributed by atoms with van der Waals surface area (Å²) in [7, 11) is 0. The first-order valence-corrected chi connectivity index (χ1v) is 5.16. The predicted molar refractivity (Wildman–Crippen MR) is 68.5 cm³/mol. The Hall–Kier alpha value is -2.64. The molecule has 0 fully saturated rings. The summed E-state index contributed by atoms with van der Waals surface area (Å²) in [6.07, 6.45) is 5.27. The van der Waals surface area contributed by atoms with Crippen LogP contribution in [0.4, 0.5) is 0 Å². The van der Waals surface area contributed by atoms with Crippen LogP contribution in [0.1, 0.15) is 16.7 Å². The number of aromatic hydroxyl groups is 1. The number of phenolic OH excluding ortho intramolecular Hbond substituents is 1. The minimum Gasteiger partial charge on any atom is -0.508 e. The van der Waals surface area contributed by atoms with Gasteiger partial charge in [0.15, 0.2) is 0 Å². The van der Waals surface area contributed by atoms with Crippen LogP contribution in [0, 0.1) is 24.2 Å². The molecule has 0 saturated heterocycles. The number of hydrogen-bond donors (Lipinski definition) is 1. The van der Waals surface area contributed by atoms with E-state index >= 15 is 0 Å². The van der Waals surface area contributed by atoms with Crippen molar-refractivity contribution in [2.75, 3.05) is 0 Å². The molecule has 0 heterocycles. The van der Waals surface area contributed by atoms with Crippen molar-refractivity contribution in [2.24, 2.45) is 0 Å². The van der Waals surface area contributed by atoms with Crippen molar-refractivity contribution in [3.05, 3.63) is 65.2 Å². The minimum atomic E-state index is 0.244. The van der Waals surface area contributed by atoms with Crippen molar-refractivity contribution in [1.82, 2.24) is 0 Å². The molecule has 0 saturated carbocycles. The first-order valence-electron chi connectivity index (χ1n) is 5.16. The van der Waals surface area contributed by atoms with E-state index in [1.54, 1.807) is 24.3 Å². The zero-order valence-corrected chi connectivity index (χ0v) is 9.14. The smallest absolute Gasteiger partial charge is 0.115 e. The molecule has 0 aromatic heterocycles. The largest absolute Gasteiger partial charge is 0.508 e. The van der Waals surface area contributed by atoms with Crippen molar-refractivity contribution < 1.29 is 5.11 Å². The highest BCUT2D eigenvalue weighted by Crippen LogP contribution is 2.08. The van der Waals surface area contributed by atoms with Gasteiger partial charge in [-0.05, 0) is 48.5 Å². The fraction of sp³-hybridized carbons (Fsp3) is 0. The van der Waals surface area contributed by atoms with Gasteiger partial charge in [0.2, 0.25) is 0 Å². The number of hydrogen-bond acceptors (Lipinski definition) is 1. The molecular formula is C16H10O. The summed E-state index contributed by atoms with van der Waals surface area (Å²) in [5.41, 5.74) is 2.63. The van der Waals surface area contributed by atoms with E-state index in [1.807, 2.05) is 24.3 Å². The monoisotopic (exact) mass is 218 g/mol. The average molecular weight is 218 g/mol. The Bertz CT molecular complexity index is 602. The van der Waals surface area contributed by atoms with E-state index in [0.717, 1.165) is 16.7 Å². The Morgan fingerprint density at radius 2 is 1.12 bits per heavy atom. The third kappa shape index (κ3) is 2.91. The van der Waals surface area contributed by atoms with Gasteiger partial charge in [-0.15, -0.1) is 6.42 Å². The summed E-state index contributed by atoms with van der Waals surface area (Å²) in [5, 5.41) is 9.13. The molecule has 1 heteroatoms. The summed E-state index contributed by atoms with van der Waals surface area (Å²) in [5.74, 6) is 8.85. The van der Waals surface area contributed by atoms with Crippen LogP contribution in [0.5, 0.6) is 5.75 Å². The van der Waals surface area contributed by atoms with Crippen LogP contribution in [0.2, 0.25) is 0 Å². The van der Waals surface area contributed by atoms with Gasteiger partial charge in [0, 0.05) is 16.7 Å². The molecule has 0 spiro atoms. The normalized spacial score (nSPS) is 8.88. The summed E-state index contributed by atoms with van der Waals surface area (Å²) >= 11 is 0. The maximum absolute atomic E-state index is 9.13. The third-order valence-corrected chi connectivity index (χ3v) is 2.27. The molecule has 1 N–H and O–H groups in total. The van der Waals surface area contributed by atoms with Gasteiger partial charge in [-0.3, -0.25) is 0 Å². The molecule has 0 atom stereocenters. The lowest BCUT2D eigenvalue weighted by atomic mass is 10.1. The quantitative estimate of drug-likeness (QED) is 0.674. The SMILES string of the molecule is C#Cc1ccc(C#Cc2ccc(O)cc2)cc1. The highest BCUT2D eigenvalue weighted by Gasteiger charge is 1.89. The first kappa shape index (κ1) is 10.9. The Morgan fingerprint density at radius 1 is 0.706 bits per heavy atom. The number of phenols is 1. The lowest BCUT2D eigenvalue weighted by Crippen LogP contribution is -1.77. The zero-order valence-electron chi connectivity index (χ0n) is 9.14. The summed E-state index contributed by atoms with van der Waals surface area (Å²) < 4.78 is 0. The van der Waals surface area contributed by atoms with Crippen molar-refractivity contribution >= 4 is 0 Å². The van der Waals surface area contributed by atoms with Crippen molar-refractivity contribution in [2.45, 2.75) is 0 Å². The Kier molecular flexibility index (Phi) is 3.15. The fourth-order valence-corrected chi connectivity index (χ4v) is 1.34. The van der Waals surface area contributed by atoms with Crippen LogP contribution in [0.3, 0.4) is 0 Å². The van der Waals surface area contributed by atoms with E-state index in [1.165, 1.54) is 0 Å². The van der Waals surface area contributed by atoms with Gasteiger partial charge < -0.3 is 5.11 Å². The molecule has 0 amide bonds. The lowest BCUT2D eigenvalue weighted by Gasteiger charge is -1.92. The molecule has 1 nitrogen and oxygen atoms in total. The second-order valence-electron chi connectivity index (χ2n) is 3.52. The highest BCUT2D eigenvalue weighted by molar-refractivity contribution is 5.46. The second kappa shape index (κ2) is 4.92. The summed E-state index contributed by atoms with van der Waals surface area (Å²) in [6, 6.07) is 14.3. The average Bonchev–Trinajstić information content (AvgIpc) is 2.39. The van der Waals surface area contributed by atoms with Gasteiger partial charge in [-0.25, -0.2) is 0 Å². The maximum Gasteiger partial charge on any atom is 0.115 e. The van der Waals surface area contributed by atoms with Gasteiger partial charge in [0.05, 0.1) is 0 Å². The number of terminal acetylenes is 1. The van der Waals surface area contributed by atoms with E-state index in [4.69, 9.17) is 11.5 Å². The highest BCUT2D eigenvalue weighted by atomic mass is 16.3. The van der Waals surface area contributed by atoms with Crippen LogP contribution in [-0.4, -0.2) is 5.11 Å². The van der Waals surface area contributed by atoms with Crippen LogP contribution >= 0.6 is 0 Å². The Morgan fingerprint density at radius 3 is 1.59 bits per heavy atom. The van der Waals surface area contributed by atoms with Crippen molar-refractivity contribution in [3.63, 3.8) is 0 Å². The summed E-state index contributed by atoms with van der Waals surface area (Å²) in [6.45, 7) is 0. The van der Waals surface area contributed by atoms with E-state index in [2.05, 4.69) is 17.8 Å². The maximum atomic E-state index is 9.13. The van der Waals surface area contributed by atoms with Crippen LogP contribution < -0.4 is 0 Å². The molecule has 0 aliphatic carbocycles. The van der Waals surface area contributed by atoms with Gasteiger partial charge in [-0.1, -0.05) is 17.8 Å². The van der Waals surface area contributed by atoms with E-state index in [9.17, 15) is 0 Å². The zero-order chi connectivity index (χ0) is 12.1. The Balaban J connectivity index is 2.21. The lowest BCUT2D eigenvalue weighted by molar-refractivity contribution is 0.475. The van der Waals surface area contributed by atoms with Crippen LogP contribution in [0.15, 0.2) is 48.5 Å². The molecule has 0 aliphatic heterocycles.